The summed E-state index contributed by atoms with van der Waals surface area (Å²) in [4.78, 5) is 13.0. The zero-order chi connectivity index (χ0) is 40.6. The van der Waals surface area contributed by atoms with Gasteiger partial charge in [0.2, 0.25) is 5.91 Å². The van der Waals surface area contributed by atoms with Gasteiger partial charge >= 0.3 is 10.4 Å². The number of carbonyl (C=O) groups is 1. The lowest BCUT2D eigenvalue weighted by Crippen LogP contribution is -2.61. The third-order valence-electron chi connectivity index (χ3n) is 10.2. The smallest absolute Gasteiger partial charge is 0.394 e. The largest absolute Gasteiger partial charge is 0.397 e. The van der Waals surface area contributed by atoms with Gasteiger partial charge in [0.05, 0.1) is 25.4 Å². The second-order valence-electron chi connectivity index (χ2n) is 15.3. The summed E-state index contributed by atoms with van der Waals surface area (Å²) in [5, 5.41) is 44.6. The number of aliphatic hydroxyl groups excluding tert-OH is 4. The van der Waals surface area contributed by atoms with Crippen molar-refractivity contribution in [2.45, 2.75) is 224 Å². The summed E-state index contributed by atoms with van der Waals surface area (Å²) in [6.45, 7) is 3.35. The summed E-state index contributed by atoms with van der Waals surface area (Å²) in [5.41, 5.74) is 0. The molecule has 1 aliphatic rings. The van der Waals surface area contributed by atoms with Gasteiger partial charge in [-0.2, -0.15) is 8.42 Å². The molecular formula is C42H79NO11S. The summed E-state index contributed by atoms with van der Waals surface area (Å²) < 4.78 is 47.5. The number of amides is 1. The van der Waals surface area contributed by atoms with Crippen LogP contribution in [0, 0.1) is 0 Å². The fourth-order valence-corrected chi connectivity index (χ4v) is 7.31. The average molecular weight is 806 g/mol. The molecule has 0 aliphatic carbocycles. The molecule has 55 heavy (non-hydrogen) atoms. The van der Waals surface area contributed by atoms with Gasteiger partial charge in [0, 0.05) is 6.42 Å². The molecule has 324 valence electrons. The van der Waals surface area contributed by atoms with Gasteiger partial charge in [0.15, 0.2) is 6.29 Å². The lowest BCUT2D eigenvalue weighted by atomic mass is 9.99. The van der Waals surface area contributed by atoms with Gasteiger partial charge in [0.1, 0.15) is 24.4 Å². The van der Waals surface area contributed by atoms with Crippen molar-refractivity contribution in [1.29, 1.82) is 0 Å². The van der Waals surface area contributed by atoms with Crippen molar-refractivity contribution < 1.29 is 51.8 Å². The summed E-state index contributed by atoms with van der Waals surface area (Å²) in [7, 11) is -5.08. The van der Waals surface area contributed by atoms with Crippen LogP contribution < -0.4 is 5.32 Å². The number of carbonyl (C=O) groups excluding carboxylic acids is 1. The summed E-state index contributed by atoms with van der Waals surface area (Å²) in [6, 6.07) is -0.942. The second-order valence-corrected chi connectivity index (χ2v) is 16.3. The maximum Gasteiger partial charge on any atom is 0.397 e. The number of rotatable bonds is 36. The van der Waals surface area contributed by atoms with E-state index in [9.17, 15) is 33.6 Å². The summed E-state index contributed by atoms with van der Waals surface area (Å²) >= 11 is 0. The van der Waals surface area contributed by atoms with Crippen LogP contribution in [0.15, 0.2) is 24.3 Å². The maximum absolute atomic E-state index is 13.0. The van der Waals surface area contributed by atoms with E-state index in [1.807, 2.05) is 6.08 Å². The van der Waals surface area contributed by atoms with Crippen LogP contribution in [0.25, 0.3) is 0 Å². The van der Waals surface area contributed by atoms with Crippen molar-refractivity contribution in [3.05, 3.63) is 24.3 Å². The van der Waals surface area contributed by atoms with Crippen LogP contribution in [0.5, 0.6) is 0 Å². The van der Waals surface area contributed by atoms with Crippen LogP contribution in [-0.2, 0) is 28.9 Å². The van der Waals surface area contributed by atoms with E-state index in [2.05, 4.69) is 35.5 Å². The highest BCUT2D eigenvalue weighted by molar-refractivity contribution is 7.80. The van der Waals surface area contributed by atoms with Crippen LogP contribution in [0.4, 0.5) is 0 Å². The highest BCUT2D eigenvalue weighted by Gasteiger charge is 2.48. The number of hydrogen-bond donors (Lipinski definition) is 6. The number of ether oxygens (including phenoxy) is 2. The van der Waals surface area contributed by atoms with Gasteiger partial charge in [0.25, 0.3) is 0 Å². The Labute approximate surface area is 333 Å². The average Bonchev–Trinajstić information content (AvgIpc) is 3.15. The van der Waals surface area contributed by atoms with Crippen molar-refractivity contribution in [2.75, 3.05) is 13.2 Å². The van der Waals surface area contributed by atoms with E-state index in [0.29, 0.717) is 6.42 Å². The molecule has 13 heteroatoms. The third-order valence-corrected chi connectivity index (χ3v) is 10.7. The normalized spacial score (nSPS) is 21.8. The van der Waals surface area contributed by atoms with Gasteiger partial charge in [-0.15, -0.1) is 0 Å². The number of hydrogen-bond acceptors (Lipinski definition) is 10. The van der Waals surface area contributed by atoms with Crippen LogP contribution >= 0.6 is 0 Å². The first kappa shape index (κ1) is 51.6. The Morgan fingerprint density at radius 1 is 0.709 bits per heavy atom. The first-order chi connectivity index (χ1) is 26.5. The van der Waals surface area contributed by atoms with Gasteiger partial charge in [-0.05, 0) is 44.9 Å². The Bertz CT molecular complexity index is 1090. The predicted octanol–water partition coefficient (Wildman–Crippen LogP) is 7.77. The minimum Gasteiger partial charge on any atom is -0.394 e. The Hall–Kier alpha value is -1.42. The fourth-order valence-electron chi connectivity index (χ4n) is 6.80. The van der Waals surface area contributed by atoms with E-state index in [4.69, 9.17) is 14.0 Å². The highest BCUT2D eigenvalue weighted by Crippen LogP contribution is 2.26. The highest BCUT2D eigenvalue weighted by atomic mass is 32.3. The van der Waals surface area contributed by atoms with E-state index >= 15 is 0 Å². The Kier molecular flexibility index (Phi) is 31.5. The second kappa shape index (κ2) is 33.5. The van der Waals surface area contributed by atoms with Crippen molar-refractivity contribution in [1.82, 2.24) is 5.32 Å². The zero-order valence-electron chi connectivity index (χ0n) is 34.2. The van der Waals surface area contributed by atoms with Crippen LogP contribution in [0.2, 0.25) is 0 Å². The lowest BCUT2D eigenvalue weighted by molar-refractivity contribution is -0.298. The topological polar surface area (TPSA) is 192 Å². The third kappa shape index (κ3) is 27.0. The predicted molar refractivity (Wildman–Crippen MR) is 218 cm³/mol. The summed E-state index contributed by atoms with van der Waals surface area (Å²) in [6.07, 6.45) is 27.8. The quantitative estimate of drug-likeness (QED) is 0.0206. The molecule has 1 saturated heterocycles. The molecule has 7 atom stereocenters. The minimum atomic E-state index is -5.08. The first-order valence-corrected chi connectivity index (χ1v) is 23.1. The molecular weight excluding hydrogens is 727 g/mol. The van der Waals surface area contributed by atoms with Gasteiger partial charge in [-0.25, -0.2) is 4.18 Å². The zero-order valence-corrected chi connectivity index (χ0v) is 35.1. The molecule has 12 nitrogen and oxygen atoms in total. The monoisotopic (exact) mass is 806 g/mol. The molecule has 0 aromatic rings. The van der Waals surface area contributed by atoms with Gasteiger partial charge in [-0.3, -0.25) is 9.35 Å². The van der Waals surface area contributed by atoms with Crippen molar-refractivity contribution in [3.63, 3.8) is 0 Å². The van der Waals surface area contributed by atoms with E-state index in [-0.39, 0.29) is 18.9 Å². The summed E-state index contributed by atoms with van der Waals surface area (Å²) in [5.74, 6) is -0.269. The molecule has 0 aromatic carbocycles. The van der Waals surface area contributed by atoms with E-state index in [1.54, 1.807) is 6.08 Å². The van der Waals surface area contributed by atoms with Crippen LogP contribution in [0.1, 0.15) is 181 Å². The van der Waals surface area contributed by atoms with E-state index < -0.39 is 59.9 Å². The molecule has 0 spiro atoms. The van der Waals surface area contributed by atoms with Crippen LogP contribution in [-0.4, -0.2) is 95.4 Å². The molecule has 1 fully saturated rings. The van der Waals surface area contributed by atoms with Gasteiger partial charge in [-0.1, -0.05) is 154 Å². The Morgan fingerprint density at radius 2 is 1.16 bits per heavy atom. The molecule has 1 rings (SSSR count). The first-order valence-electron chi connectivity index (χ1n) is 21.7. The lowest BCUT2D eigenvalue weighted by Gasteiger charge is -2.41. The number of allylic oxidation sites excluding steroid dienone is 3. The van der Waals surface area contributed by atoms with Crippen molar-refractivity contribution in [2.24, 2.45) is 0 Å². The molecule has 0 saturated carbocycles. The van der Waals surface area contributed by atoms with E-state index in [1.165, 1.54) is 109 Å². The molecule has 6 N–H and O–H groups in total. The molecule has 7 unspecified atom stereocenters. The molecule has 0 radical (unpaired) electrons. The SMILES string of the molecule is CCCCCC/C=C\CCCCCCCCCC(=O)NC(COC1OC(CO)C(O)C(OS(=O)(=O)O)C1O)C(O)/C=C/CCCCCCCCCCCCC. The van der Waals surface area contributed by atoms with E-state index in [0.717, 1.165) is 44.9 Å². The van der Waals surface area contributed by atoms with Crippen molar-refractivity contribution in [3.8, 4) is 0 Å². The van der Waals surface area contributed by atoms with Gasteiger partial charge < -0.3 is 35.2 Å². The molecule has 1 aliphatic heterocycles. The molecule has 1 heterocycles. The van der Waals surface area contributed by atoms with Crippen molar-refractivity contribution >= 4 is 16.3 Å². The number of unbranched alkanes of at least 4 members (excludes halogenated alkanes) is 22. The minimum absolute atomic E-state index is 0.264. The Balaban J connectivity index is 2.57. The molecule has 0 bridgehead atoms. The maximum atomic E-state index is 13.0. The molecule has 1 amide bonds. The Morgan fingerprint density at radius 3 is 1.65 bits per heavy atom. The number of nitrogens with one attached hydrogen (secondary N) is 1. The number of aliphatic hydroxyl groups is 4. The molecule has 0 aromatic heterocycles. The standard InChI is InChI=1S/C42H79NO11S/c1-3-5-7-9-11-13-15-17-18-20-22-24-26-28-30-32-38(46)43-35(36(45)31-29-27-25-23-21-19-16-14-12-10-8-6-4-2)34-52-42-40(48)41(54-55(49,50)51)39(47)37(33-44)53-42/h13,15,29,31,35-37,39-42,44-45,47-48H,3-12,14,16-28,30,32-34H2,1-2H3,(H,43,46)(H,49,50,51)/b15-13-,31-29+. The fraction of sp³-hybridized carbons (Fsp3) is 0.881. The van der Waals surface area contributed by atoms with Crippen LogP contribution in [0.3, 0.4) is 0 Å².